The smallest absolute Gasteiger partial charge is 0.329 e. The van der Waals surface area contributed by atoms with Gasteiger partial charge in [-0.2, -0.15) is 0 Å². The fourth-order valence-corrected chi connectivity index (χ4v) is 5.43. The van der Waals surface area contributed by atoms with E-state index >= 15 is 0 Å². The van der Waals surface area contributed by atoms with Crippen molar-refractivity contribution in [3.63, 3.8) is 0 Å². The topological polar surface area (TPSA) is 180 Å². The van der Waals surface area contributed by atoms with Gasteiger partial charge >= 0.3 is 5.97 Å². The van der Waals surface area contributed by atoms with Gasteiger partial charge < -0.3 is 30.9 Å². The number of ether oxygens (including phenoxy) is 1. The van der Waals surface area contributed by atoms with Gasteiger partial charge in [-0.15, -0.1) is 0 Å². The first kappa shape index (κ1) is 29.9. The quantitative estimate of drug-likeness (QED) is 0.330. The number of nitrogens with one attached hydrogen (secondary N) is 3. The number of aliphatic hydroxyl groups excluding tert-OH is 1. The molecule has 3 amide bonds. The summed E-state index contributed by atoms with van der Waals surface area (Å²) >= 11 is 0. The number of esters is 1. The predicted octanol–water partition coefficient (Wildman–Crippen LogP) is 1.02. The Morgan fingerprint density at radius 1 is 1.05 bits per heavy atom. The molecule has 41 heavy (non-hydrogen) atoms. The maximum atomic E-state index is 13.7. The van der Waals surface area contributed by atoms with Crippen LogP contribution in [0.1, 0.15) is 62.0 Å². The highest BCUT2D eigenvalue weighted by Crippen LogP contribution is 2.28. The Labute approximate surface area is 238 Å². The lowest BCUT2D eigenvalue weighted by Crippen LogP contribution is -2.61. The summed E-state index contributed by atoms with van der Waals surface area (Å²) in [7, 11) is 0. The van der Waals surface area contributed by atoms with Crippen LogP contribution in [-0.2, 0) is 25.5 Å². The van der Waals surface area contributed by atoms with Gasteiger partial charge in [0.25, 0.3) is 5.91 Å². The number of rotatable bonds is 5. The van der Waals surface area contributed by atoms with E-state index in [0.717, 1.165) is 19.3 Å². The number of nitrogens with zero attached hydrogens (tertiary/aromatic N) is 2. The monoisotopic (exact) mass is 567 g/mol. The Kier molecular flexibility index (Phi) is 9.87. The SMILES string of the molecule is C[C@@H]1C(=O)N[C@H](C2CCCCC2)C(=O)O[C@H](C)[C@H](NC(=O)c2ncccc2O)C(=O)N[C@@H](Cc2cccnc2)[C@@H]1O. The zero-order valence-corrected chi connectivity index (χ0v) is 23.2. The summed E-state index contributed by atoms with van der Waals surface area (Å²) in [6, 6.07) is 2.89. The number of amides is 3. The van der Waals surface area contributed by atoms with Crippen LogP contribution in [-0.4, -0.2) is 74.2 Å². The zero-order chi connectivity index (χ0) is 29.5. The van der Waals surface area contributed by atoms with Crippen molar-refractivity contribution in [3.8, 4) is 5.75 Å². The molecule has 0 aromatic carbocycles. The van der Waals surface area contributed by atoms with Gasteiger partial charge in [-0.25, -0.2) is 9.78 Å². The van der Waals surface area contributed by atoms with E-state index in [0.29, 0.717) is 18.4 Å². The van der Waals surface area contributed by atoms with E-state index in [2.05, 4.69) is 25.9 Å². The molecule has 0 bridgehead atoms. The molecule has 1 saturated heterocycles. The normalized spacial score (nSPS) is 28.3. The van der Waals surface area contributed by atoms with Crippen LogP contribution in [0.5, 0.6) is 5.75 Å². The van der Waals surface area contributed by atoms with Crippen molar-refractivity contribution in [2.45, 2.75) is 82.7 Å². The van der Waals surface area contributed by atoms with Crippen molar-refractivity contribution in [2.24, 2.45) is 11.8 Å². The third kappa shape index (κ3) is 7.37. The Balaban J connectivity index is 1.68. The maximum absolute atomic E-state index is 13.7. The lowest BCUT2D eigenvalue weighted by Gasteiger charge is -2.35. The molecule has 4 rings (SSSR count). The minimum atomic E-state index is -1.41. The summed E-state index contributed by atoms with van der Waals surface area (Å²) in [5, 5.41) is 29.5. The van der Waals surface area contributed by atoms with E-state index < -0.39 is 59.9 Å². The van der Waals surface area contributed by atoms with Crippen LogP contribution < -0.4 is 16.0 Å². The summed E-state index contributed by atoms with van der Waals surface area (Å²) in [6.07, 6.45) is 6.40. The lowest BCUT2D eigenvalue weighted by molar-refractivity contribution is -0.158. The highest BCUT2D eigenvalue weighted by Gasteiger charge is 2.41. The van der Waals surface area contributed by atoms with Crippen LogP contribution in [0, 0.1) is 11.8 Å². The minimum absolute atomic E-state index is 0.139. The van der Waals surface area contributed by atoms with Crippen LogP contribution in [0.2, 0.25) is 0 Å². The number of hydrogen-bond donors (Lipinski definition) is 5. The minimum Gasteiger partial charge on any atom is -0.505 e. The van der Waals surface area contributed by atoms with Crippen molar-refractivity contribution in [2.75, 3.05) is 0 Å². The van der Waals surface area contributed by atoms with E-state index in [-0.39, 0.29) is 23.8 Å². The summed E-state index contributed by atoms with van der Waals surface area (Å²) < 4.78 is 5.72. The first-order chi connectivity index (χ1) is 19.7. The van der Waals surface area contributed by atoms with Crippen molar-refractivity contribution >= 4 is 23.7 Å². The Hall–Kier alpha value is -4.06. The average molecular weight is 568 g/mol. The van der Waals surface area contributed by atoms with Gasteiger partial charge in [0.1, 0.15) is 23.9 Å². The Morgan fingerprint density at radius 2 is 1.78 bits per heavy atom. The molecule has 2 fully saturated rings. The van der Waals surface area contributed by atoms with Gasteiger partial charge in [-0.3, -0.25) is 19.4 Å². The number of aromatic hydroxyl groups is 1. The number of carbonyl (C=O) groups excluding carboxylic acids is 4. The van der Waals surface area contributed by atoms with Crippen molar-refractivity contribution in [1.29, 1.82) is 0 Å². The van der Waals surface area contributed by atoms with E-state index in [4.69, 9.17) is 4.74 Å². The number of pyridine rings is 2. The van der Waals surface area contributed by atoms with Crippen LogP contribution in [0.25, 0.3) is 0 Å². The third-order valence-electron chi connectivity index (χ3n) is 7.86. The van der Waals surface area contributed by atoms with Crippen LogP contribution in [0.3, 0.4) is 0 Å². The largest absolute Gasteiger partial charge is 0.505 e. The van der Waals surface area contributed by atoms with E-state index in [9.17, 15) is 29.4 Å². The number of hydrogen-bond acceptors (Lipinski definition) is 9. The molecule has 1 aliphatic carbocycles. The lowest BCUT2D eigenvalue weighted by atomic mass is 9.83. The van der Waals surface area contributed by atoms with E-state index in [1.807, 2.05) is 0 Å². The molecule has 5 N–H and O–H groups in total. The number of aromatic nitrogens is 2. The van der Waals surface area contributed by atoms with Gasteiger partial charge in [0.15, 0.2) is 5.69 Å². The van der Waals surface area contributed by atoms with Gasteiger partial charge in [0.05, 0.1) is 18.1 Å². The number of carbonyl (C=O) groups is 4. The summed E-state index contributed by atoms with van der Waals surface area (Å²) in [5.74, 6) is -4.40. The fourth-order valence-electron chi connectivity index (χ4n) is 5.43. The number of cyclic esters (lactones) is 1. The van der Waals surface area contributed by atoms with Gasteiger partial charge in [0.2, 0.25) is 11.8 Å². The molecule has 1 saturated carbocycles. The van der Waals surface area contributed by atoms with Crippen molar-refractivity contribution < 1.29 is 34.1 Å². The number of aliphatic hydroxyl groups is 1. The van der Waals surface area contributed by atoms with Crippen molar-refractivity contribution in [1.82, 2.24) is 25.9 Å². The second kappa shape index (κ2) is 13.5. The Bertz CT molecular complexity index is 1240. The van der Waals surface area contributed by atoms with Crippen LogP contribution in [0.4, 0.5) is 0 Å². The maximum Gasteiger partial charge on any atom is 0.329 e. The zero-order valence-electron chi connectivity index (χ0n) is 23.2. The highest BCUT2D eigenvalue weighted by molar-refractivity contribution is 5.98. The fraction of sp³-hybridized carbons (Fsp3) is 0.517. The molecule has 1 aliphatic heterocycles. The molecule has 220 valence electrons. The second-order valence-electron chi connectivity index (χ2n) is 10.8. The molecule has 12 heteroatoms. The standard InChI is InChI=1S/C29H37N5O7/c1-16-25(36)20(14-18-8-6-12-30-15-18)32-27(38)22(33-28(39)24-21(35)11-7-13-31-24)17(2)41-29(40)23(34-26(16)37)19-9-4-3-5-10-19/h6-8,11-13,15-17,19-20,22-23,25,35-36H,3-5,9-10,14H2,1-2H3,(H,32,38)(H,33,39)(H,34,37)/t16-,17+,20-,22-,23+,25+/m0/s1. The predicted molar refractivity (Wildman–Crippen MR) is 146 cm³/mol. The molecule has 2 aliphatic rings. The van der Waals surface area contributed by atoms with Crippen molar-refractivity contribution in [3.05, 3.63) is 54.1 Å². The molecule has 2 aromatic rings. The average Bonchev–Trinajstić information content (AvgIpc) is 2.97. The summed E-state index contributed by atoms with van der Waals surface area (Å²) in [4.78, 5) is 61.5. The van der Waals surface area contributed by atoms with Gasteiger partial charge in [0, 0.05) is 18.6 Å². The molecular formula is C29H37N5O7. The molecule has 0 spiro atoms. The first-order valence-electron chi connectivity index (χ1n) is 14.0. The molecule has 12 nitrogen and oxygen atoms in total. The van der Waals surface area contributed by atoms with Gasteiger partial charge in [-0.1, -0.05) is 32.3 Å². The molecular weight excluding hydrogens is 530 g/mol. The van der Waals surface area contributed by atoms with Crippen LogP contribution >= 0.6 is 0 Å². The highest BCUT2D eigenvalue weighted by atomic mass is 16.5. The summed E-state index contributed by atoms with van der Waals surface area (Å²) in [5.41, 5.74) is 0.396. The molecule has 0 radical (unpaired) electrons. The van der Waals surface area contributed by atoms with E-state index in [1.54, 1.807) is 24.5 Å². The molecule has 2 aromatic heterocycles. The first-order valence-corrected chi connectivity index (χ1v) is 14.0. The van der Waals surface area contributed by atoms with Gasteiger partial charge in [-0.05, 0) is 55.9 Å². The van der Waals surface area contributed by atoms with E-state index in [1.165, 1.54) is 32.2 Å². The summed E-state index contributed by atoms with van der Waals surface area (Å²) in [6.45, 7) is 2.99. The Morgan fingerprint density at radius 3 is 2.46 bits per heavy atom. The molecule has 3 heterocycles. The molecule has 6 atom stereocenters. The molecule has 0 unspecified atom stereocenters. The third-order valence-corrected chi connectivity index (χ3v) is 7.86. The van der Waals surface area contributed by atoms with Crippen LogP contribution in [0.15, 0.2) is 42.9 Å². The second-order valence-corrected chi connectivity index (χ2v) is 10.8.